The molecule has 0 bridgehead atoms. The molecule has 0 aliphatic heterocycles. The van der Waals surface area contributed by atoms with Gasteiger partial charge in [-0.3, -0.25) is 9.59 Å². The summed E-state index contributed by atoms with van der Waals surface area (Å²) in [5, 5.41) is 11.9. The van der Waals surface area contributed by atoms with Crippen molar-refractivity contribution in [1.29, 1.82) is 0 Å². The van der Waals surface area contributed by atoms with Crippen molar-refractivity contribution in [3.05, 3.63) is 34.9 Å². The van der Waals surface area contributed by atoms with Crippen molar-refractivity contribution in [2.45, 2.75) is 36.4 Å². The van der Waals surface area contributed by atoms with Crippen molar-refractivity contribution < 1.29 is 27.9 Å². The molecule has 2 N–H and O–H groups in total. The Hall–Kier alpha value is -2.05. The normalized spacial score (nSPS) is 30.0. The number of aliphatic carboxylic acids is 1. The number of amides is 1. The molecule has 112 valence electrons. The molecule has 4 nitrogen and oxygen atoms in total. The minimum absolute atomic E-state index is 0.101. The number of carboxylic acids is 1. The number of fused-ring (bicyclic) bond motifs is 3. The molecule has 2 aliphatic carbocycles. The summed E-state index contributed by atoms with van der Waals surface area (Å²) in [5.74, 6) is -2.31. The maximum atomic E-state index is 12.8. The van der Waals surface area contributed by atoms with Gasteiger partial charge >= 0.3 is 12.1 Å². The van der Waals surface area contributed by atoms with Crippen molar-refractivity contribution in [2.24, 2.45) is 0 Å². The van der Waals surface area contributed by atoms with Crippen LogP contribution in [0.25, 0.3) is 0 Å². The van der Waals surface area contributed by atoms with Crippen LogP contribution in [0.1, 0.15) is 41.4 Å². The second-order valence-electron chi connectivity index (χ2n) is 5.61. The second-order valence-corrected chi connectivity index (χ2v) is 5.61. The molecule has 7 heteroatoms. The van der Waals surface area contributed by atoms with E-state index < -0.39 is 29.2 Å². The number of nitrogens with one attached hydrogen (secondary N) is 1. The van der Waals surface area contributed by atoms with Crippen molar-refractivity contribution in [2.75, 3.05) is 0 Å². The number of halogens is 3. The van der Waals surface area contributed by atoms with Gasteiger partial charge < -0.3 is 10.4 Å². The van der Waals surface area contributed by atoms with Crippen LogP contribution in [0.2, 0.25) is 0 Å². The summed E-state index contributed by atoms with van der Waals surface area (Å²) in [4.78, 5) is 22.1. The quantitative estimate of drug-likeness (QED) is 0.841. The van der Waals surface area contributed by atoms with E-state index in [0.717, 1.165) is 12.1 Å². The summed E-state index contributed by atoms with van der Waals surface area (Å²) in [6.45, 7) is 0. The van der Waals surface area contributed by atoms with Gasteiger partial charge in [0.2, 0.25) is 6.41 Å². The number of hydrogen-bond donors (Lipinski definition) is 2. The number of carbonyl (C=O) groups is 2. The largest absolute Gasteiger partial charge is 0.481 e. The van der Waals surface area contributed by atoms with Gasteiger partial charge in [-0.05, 0) is 36.1 Å². The Balaban J connectivity index is 2.08. The fraction of sp³-hybridized carbons (Fsp3) is 0.429. The number of carbonyl (C=O) groups excluding carboxylic acids is 1. The summed E-state index contributed by atoms with van der Waals surface area (Å²) >= 11 is 0. The average Bonchev–Trinajstić information content (AvgIpc) is 3.11. The molecule has 3 rings (SSSR count). The van der Waals surface area contributed by atoms with Crippen LogP contribution < -0.4 is 5.32 Å². The number of hydrogen-bond acceptors (Lipinski definition) is 2. The molecule has 1 aromatic carbocycles. The van der Waals surface area contributed by atoms with Crippen LogP contribution in [0.3, 0.4) is 0 Å². The highest BCUT2D eigenvalue weighted by atomic mass is 19.4. The highest BCUT2D eigenvalue weighted by molar-refractivity contribution is 5.79. The third-order valence-electron chi connectivity index (χ3n) is 4.45. The molecular weight excluding hydrogens is 287 g/mol. The zero-order chi connectivity index (χ0) is 15.4. The van der Waals surface area contributed by atoms with Gasteiger partial charge in [0.1, 0.15) is 0 Å². The first-order valence-corrected chi connectivity index (χ1v) is 6.44. The van der Waals surface area contributed by atoms with E-state index in [9.17, 15) is 27.9 Å². The molecular formula is C14H12F3NO3. The highest BCUT2D eigenvalue weighted by Gasteiger charge is 2.60. The van der Waals surface area contributed by atoms with Gasteiger partial charge in [0, 0.05) is 11.5 Å². The molecule has 0 heterocycles. The maximum Gasteiger partial charge on any atom is 0.416 e. The third kappa shape index (κ3) is 2.07. The fourth-order valence-corrected chi connectivity index (χ4v) is 3.34. The molecule has 0 saturated heterocycles. The predicted octanol–water partition coefficient (Wildman–Crippen LogP) is 2.25. The lowest BCUT2D eigenvalue weighted by atomic mass is 9.79. The second kappa shape index (κ2) is 4.22. The van der Waals surface area contributed by atoms with Crippen LogP contribution in [0.4, 0.5) is 13.2 Å². The lowest BCUT2D eigenvalue weighted by Gasteiger charge is -2.29. The monoisotopic (exact) mass is 299 g/mol. The van der Waals surface area contributed by atoms with Crippen molar-refractivity contribution >= 4 is 12.4 Å². The van der Waals surface area contributed by atoms with Gasteiger partial charge in [-0.25, -0.2) is 0 Å². The molecule has 1 amide bonds. The van der Waals surface area contributed by atoms with Gasteiger partial charge in [-0.15, -0.1) is 0 Å². The Morgan fingerprint density at radius 2 is 2.05 bits per heavy atom. The molecule has 1 aromatic rings. The highest BCUT2D eigenvalue weighted by Crippen LogP contribution is 2.61. The van der Waals surface area contributed by atoms with E-state index in [1.54, 1.807) is 0 Å². The van der Waals surface area contributed by atoms with Crippen LogP contribution in [0, 0.1) is 0 Å². The van der Waals surface area contributed by atoms with Crippen molar-refractivity contribution in [1.82, 2.24) is 5.32 Å². The summed E-state index contributed by atoms with van der Waals surface area (Å²) in [6.07, 6.45) is -3.29. The zero-order valence-corrected chi connectivity index (χ0v) is 10.8. The number of benzene rings is 1. The molecule has 21 heavy (non-hydrogen) atoms. The summed E-state index contributed by atoms with van der Waals surface area (Å²) < 4.78 is 38.4. The van der Waals surface area contributed by atoms with E-state index in [4.69, 9.17) is 0 Å². The van der Waals surface area contributed by atoms with Gasteiger partial charge in [0.05, 0.1) is 11.5 Å². The Labute approximate surface area is 118 Å². The van der Waals surface area contributed by atoms with Gasteiger partial charge in [0.25, 0.3) is 0 Å². The van der Waals surface area contributed by atoms with E-state index in [1.807, 2.05) is 0 Å². The van der Waals surface area contributed by atoms with E-state index >= 15 is 0 Å². The van der Waals surface area contributed by atoms with Crippen molar-refractivity contribution in [3.63, 3.8) is 0 Å². The van der Waals surface area contributed by atoms with Crippen LogP contribution in [-0.2, 0) is 15.8 Å². The van der Waals surface area contributed by atoms with Crippen LogP contribution in [-0.4, -0.2) is 23.0 Å². The maximum absolute atomic E-state index is 12.8. The van der Waals surface area contributed by atoms with E-state index in [0.29, 0.717) is 18.4 Å². The topological polar surface area (TPSA) is 66.4 Å². The van der Waals surface area contributed by atoms with E-state index in [2.05, 4.69) is 5.32 Å². The number of alkyl halides is 3. The predicted molar refractivity (Wildman–Crippen MR) is 65.7 cm³/mol. The number of rotatable bonds is 3. The first-order chi connectivity index (χ1) is 9.78. The summed E-state index contributed by atoms with van der Waals surface area (Å²) in [6, 6.07) is 3.23. The first-order valence-electron chi connectivity index (χ1n) is 6.44. The minimum Gasteiger partial charge on any atom is -0.481 e. The SMILES string of the molecule is O=CNC12C[C@@H](C(=O)O)c3cc(C(F)(F)F)ccc3[C@@H]1C2. The van der Waals surface area contributed by atoms with Crippen LogP contribution in [0.5, 0.6) is 0 Å². The zero-order valence-electron chi connectivity index (χ0n) is 10.8. The molecule has 1 fully saturated rings. The van der Waals surface area contributed by atoms with E-state index in [-0.39, 0.29) is 17.9 Å². The summed E-state index contributed by atoms with van der Waals surface area (Å²) in [7, 11) is 0. The Morgan fingerprint density at radius 1 is 1.33 bits per heavy atom. The minimum atomic E-state index is -4.50. The molecule has 3 atom stereocenters. The van der Waals surface area contributed by atoms with Crippen molar-refractivity contribution in [3.8, 4) is 0 Å². The third-order valence-corrected chi connectivity index (χ3v) is 4.45. The molecule has 0 spiro atoms. The molecule has 1 saturated carbocycles. The lowest BCUT2D eigenvalue weighted by Crippen LogP contribution is -2.38. The Kier molecular flexibility index (Phi) is 2.80. The lowest BCUT2D eigenvalue weighted by molar-refractivity contribution is -0.140. The van der Waals surface area contributed by atoms with Gasteiger partial charge in [-0.1, -0.05) is 6.07 Å². The Bertz CT molecular complexity index is 628. The smallest absolute Gasteiger partial charge is 0.416 e. The molecule has 0 aromatic heterocycles. The van der Waals surface area contributed by atoms with Gasteiger partial charge in [0.15, 0.2) is 0 Å². The number of carboxylic acid groups (broad SMARTS) is 1. The average molecular weight is 299 g/mol. The standard InChI is InChI=1S/C14H12F3NO3/c15-14(16,17)7-1-2-8-9(3-7)10(12(20)21)4-13(18-6-19)5-11(8)13/h1-3,6,10-11H,4-5H2,(H,18,19)(H,20,21)/t10-,11+,13?/m1/s1. The summed E-state index contributed by atoms with van der Waals surface area (Å²) in [5.41, 5.74) is -0.652. The van der Waals surface area contributed by atoms with E-state index in [1.165, 1.54) is 6.07 Å². The fourth-order valence-electron chi connectivity index (χ4n) is 3.34. The molecule has 2 aliphatic rings. The molecule has 0 radical (unpaired) electrons. The molecule has 1 unspecified atom stereocenters. The Morgan fingerprint density at radius 3 is 2.62 bits per heavy atom. The van der Waals surface area contributed by atoms with Crippen LogP contribution >= 0.6 is 0 Å². The van der Waals surface area contributed by atoms with Gasteiger partial charge in [-0.2, -0.15) is 13.2 Å². The van der Waals surface area contributed by atoms with Crippen LogP contribution in [0.15, 0.2) is 18.2 Å². The first kappa shape index (κ1) is 13.9.